The van der Waals surface area contributed by atoms with Gasteiger partial charge in [-0.1, -0.05) is 39.1 Å². The number of esters is 1. The van der Waals surface area contributed by atoms with Gasteiger partial charge in [0.05, 0.1) is 23.2 Å². The zero-order valence-electron chi connectivity index (χ0n) is 15.9. The first-order valence-electron chi connectivity index (χ1n) is 9.01. The summed E-state index contributed by atoms with van der Waals surface area (Å²) in [6.45, 7) is -0.612. The minimum Gasteiger partial charge on any atom is -0.455 e. The normalized spacial score (nSPS) is 15.5. The molecule has 2 aromatic rings. The van der Waals surface area contributed by atoms with Crippen LogP contribution in [0.4, 0.5) is 5.69 Å². The highest BCUT2D eigenvalue weighted by Gasteiger charge is 2.36. The summed E-state index contributed by atoms with van der Waals surface area (Å²) >= 11 is 15.1. The van der Waals surface area contributed by atoms with Gasteiger partial charge in [0.1, 0.15) is 0 Å². The number of nitrogens with zero attached hydrogens (tertiary/aromatic N) is 1. The predicted molar refractivity (Wildman–Crippen MR) is 117 cm³/mol. The molecule has 31 heavy (non-hydrogen) atoms. The molecule has 2 N–H and O–H groups in total. The van der Waals surface area contributed by atoms with Gasteiger partial charge in [0, 0.05) is 21.5 Å². The van der Waals surface area contributed by atoms with Crippen LogP contribution in [-0.4, -0.2) is 41.9 Å². The maximum atomic E-state index is 12.3. The standard InChI is InChI=1S/C20H16BrCl2N3O5/c21-13-3-1-11(2-4-13)19(29)25-26-9-12(7-18(26)28)20(30)31-10-17(27)24-16-8-14(22)5-6-15(16)23/h1-6,8,12H,7,9-10H2,(H,24,27)(H,25,29)/t12-/m1/s1. The van der Waals surface area contributed by atoms with Crippen molar-refractivity contribution in [3.8, 4) is 0 Å². The van der Waals surface area contributed by atoms with Crippen molar-refractivity contribution in [3.05, 3.63) is 62.5 Å². The summed E-state index contributed by atoms with van der Waals surface area (Å²) in [5, 5.41) is 4.23. The Balaban J connectivity index is 1.49. The van der Waals surface area contributed by atoms with Crippen LogP contribution >= 0.6 is 39.1 Å². The summed E-state index contributed by atoms with van der Waals surface area (Å²) in [5.41, 5.74) is 3.12. The van der Waals surface area contributed by atoms with E-state index in [1.54, 1.807) is 30.3 Å². The maximum absolute atomic E-state index is 12.3. The van der Waals surface area contributed by atoms with Crippen LogP contribution in [0.1, 0.15) is 16.8 Å². The SMILES string of the molecule is O=C(COC(=O)[C@@H]1CC(=O)N(NC(=O)c2ccc(Br)cc2)C1)Nc1cc(Cl)ccc1Cl. The number of hydrogen-bond acceptors (Lipinski definition) is 5. The lowest BCUT2D eigenvalue weighted by Gasteiger charge is -2.17. The fourth-order valence-corrected chi connectivity index (χ4v) is 3.40. The second kappa shape index (κ2) is 10.1. The van der Waals surface area contributed by atoms with Gasteiger partial charge < -0.3 is 10.1 Å². The number of carbonyl (C=O) groups is 4. The van der Waals surface area contributed by atoms with E-state index in [1.807, 2.05) is 0 Å². The average molecular weight is 529 g/mol. The molecule has 0 unspecified atom stereocenters. The molecule has 1 aliphatic heterocycles. The highest BCUT2D eigenvalue weighted by molar-refractivity contribution is 9.10. The first kappa shape index (κ1) is 23.1. The summed E-state index contributed by atoms with van der Waals surface area (Å²) < 4.78 is 5.82. The van der Waals surface area contributed by atoms with Crippen molar-refractivity contribution < 1.29 is 23.9 Å². The Bertz CT molecular complexity index is 1030. The van der Waals surface area contributed by atoms with Gasteiger partial charge in [0.15, 0.2) is 6.61 Å². The number of hydrogen-bond donors (Lipinski definition) is 2. The molecular formula is C20H16BrCl2N3O5. The van der Waals surface area contributed by atoms with Gasteiger partial charge in [-0.05, 0) is 42.5 Å². The van der Waals surface area contributed by atoms with E-state index in [-0.39, 0.29) is 23.7 Å². The monoisotopic (exact) mass is 527 g/mol. The molecule has 162 valence electrons. The van der Waals surface area contributed by atoms with Crippen LogP contribution in [0.25, 0.3) is 0 Å². The van der Waals surface area contributed by atoms with Crippen molar-refractivity contribution in [2.24, 2.45) is 5.92 Å². The quantitative estimate of drug-likeness (QED) is 0.559. The molecule has 0 aliphatic carbocycles. The lowest BCUT2D eigenvalue weighted by Crippen LogP contribution is -2.43. The van der Waals surface area contributed by atoms with E-state index in [2.05, 4.69) is 26.7 Å². The van der Waals surface area contributed by atoms with Gasteiger partial charge in [0.2, 0.25) is 5.91 Å². The third-order valence-electron chi connectivity index (χ3n) is 4.35. The Labute approximate surface area is 195 Å². The molecule has 0 saturated carbocycles. The van der Waals surface area contributed by atoms with Gasteiger partial charge >= 0.3 is 5.97 Å². The van der Waals surface area contributed by atoms with Crippen LogP contribution in [-0.2, 0) is 19.1 Å². The van der Waals surface area contributed by atoms with Crippen molar-refractivity contribution in [1.29, 1.82) is 0 Å². The first-order valence-corrected chi connectivity index (χ1v) is 10.6. The zero-order chi connectivity index (χ0) is 22.5. The number of hydrazine groups is 1. The van der Waals surface area contributed by atoms with Crippen LogP contribution in [0.3, 0.4) is 0 Å². The Morgan fingerprint density at radius 1 is 1.13 bits per heavy atom. The van der Waals surface area contributed by atoms with E-state index in [0.717, 1.165) is 9.48 Å². The van der Waals surface area contributed by atoms with Crippen LogP contribution in [0, 0.1) is 5.92 Å². The zero-order valence-corrected chi connectivity index (χ0v) is 19.0. The molecule has 1 fully saturated rings. The van der Waals surface area contributed by atoms with Crippen LogP contribution < -0.4 is 10.7 Å². The number of rotatable bonds is 6. The van der Waals surface area contributed by atoms with E-state index in [9.17, 15) is 19.2 Å². The van der Waals surface area contributed by atoms with E-state index in [1.165, 1.54) is 12.1 Å². The van der Waals surface area contributed by atoms with E-state index in [4.69, 9.17) is 27.9 Å². The average Bonchev–Trinajstić information content (AvgIpc) is 3.09. The van der Waals surface area contributed by atoms with E-state index < -0.39 is 36.2 Å². The molecule has 0 aromatic heterocycles. The molecule has 0 bridgehead atoms. The van der Waals surface area contributed by atoms with Crippen molar-refractivity contribution in [2.75, 3.05) is 18.5 Å². The number of halogens is 3. The summed E-state index contributed by atoms with van der Waals surface area (Å²) in [7, 11) is 0. The lowest BCUT2D eigenvalue weighted by atomic mass is 10.1. The summed E-state index contributed by atoms with van der Waals surface area (Å²) in [6, 6.07) is 11.1. The molecule has 3 amide bonds. The second-order valence-corrected chi connectivity index (χ2v) is 8.39. The summed E-state index contributed by atoms with van der Waals surface area (Å²) in [6.07, 6.45) is -0.138. The Morgan fingerprint density at radius 3 is 2.55 bits per heavy atom. The molecule has 2 aromatic carbocycles. The van der Waals surface area contributed by atoms with E-state index in [0.29, 0.717) is 10.6 Å². The fourth-order valence-electron chi connectivity index (χ4n) is 2.80. The fraction of sp³-hybridized carbons (Fsp3) is 0.200. The minimum absolute atomic E-state index is 0.0539. The van der Waals surface area contributed by atoms with Crippen molar-refractivity contribution in [3.63, 3.8) is 0 Å². The molecule has 8 nitrogen and oxygen atoms in total. The number of amides is 3. The van der Waals surface area contributed by atoms with Crippen LogP contribution in [0.2, 0.25) is 10.0 Å². The Morgan fingerprint density at radius 2 is 1.84 bits per heavy atom. The molecule has 1 aliphatic rings. The van der Waals surface area contributed by atoms with Gasteiger partial charge in [-0.3, -0.25) is 29.6 Å². The molecule has 1 saturated heterocycles. The maximum Gasteiger partial charge on any atom is 0.311 e. The number of anilines is 1. The topological polar surface area (TPSA) is 105 Å². The van der Waals surface area contributed by atoms with Crippen molar-refractivity contribution in [2.45, 2.75) is 6.42 Å². The molecule has 3 rings (SSSR count). The smallest absolute Gasteiger partial charge is 0.311 e. The van der Waals surface area contributed by atoms with Crippen molar-refractivity contribution >= 4 is 68.5 Å². The summed E-state index contributed by atoms with van der Waals surface area (Å²) in [4.78, 5) is 48.7. The van der Waals surface area contributed by atoms with E-state index >= 15 is 0 Å². The van der Waals surface area contributed by atoms with Crippen molar-refractivity contribution in [1.82, 2.24) is 10.4 Å². The number of nitrogens with one attached hydrogen (secondary N) is 2. The highest BCUT2D eigenvalue weighted by Crippen LogP contribution is 2.25. The first-order chi connectivity index (χ1) is 14.7. The highest BCUT2D eigenvalue weighted by atomic mass is 79.9. The van der Waals surface area contributed by atoms with Crippen LogP contribution in [0.15, 0.2) is 46.9 Å². The number of carbonyl (C=O) groups excluding carboxylic acids is 4. The van der Waals surface area contributed by atoms with Gasteiger partial charge in [-0.15, -0.1) is 0 Å². The number of benzene rings is 2. The number of ether oxygens (including phenoxy) is 1. The summed E-state index contributed by atoms with van der Waals surface area (Å²) in [5.74, 6) is -3.04. The van der Waals surface area contributed by atoms with Gasteiger partial charge in [-0.25, -0.2) is 0 Å². The third-order valence-corrected chi connectivity index (χ3v) is 5.44. The lowest BCUT2D eigenvalue weighted by molar-refractivity contribution is -0.151. The molecule has 1 heterocycles. The molecule has 11 heteroatoms. The Hall–Kier alpha value is -2.62. The molecular weight excluding hydrogens is 513 g/mol. The Kier molecular flexibility index (Phi) is 7.53. The minimum atomic E-state index is -0.805. The second-order valence-electron chi connectivity index (χ2n) is 6.63. The third kappa shape index (κ3) is 6.19. The molecule has 0 spiro atoms. The molecule has 1 atom stereocenters. The van der Waals surface area contributed by atoms with Crippen LogP contribution in [0.5, 0.6) is 0 Å². The van der Waals surface area contributed by atoms with Gasteiger partial charge in [0.25, 0.3) is 11.8 Å². The van der Waals surface area contributed by atoms with Gasteiger partial charge in [-0.2, -0.15) is 0 Å². The predicted octanol–water partition coefficient (Wildman–Crippen LogP) is 3.43. The molecule has 0 radical (unpaired) electrons. The largest absolute Gasteiger partial charge is 0.455 e.